The average molecular weight is 194 g/mol. The number of hydrogen-bond donors (Lipinski definition) is 1. The highest BCUT2D eigenvalue weighted by Gasteiger charge is 2.24. The van der Waals surface area contributed by atoms with E-state index in [2.05, 4.69) is 0 Å². The molecule has 2 atom stereocenters. The van der Waals surface area contributed by atoms with Gasteiger partial charge >= 0.3 is 0 Å². The molecule has 0 saturated carbocycles. The number of benzene rings is 1. The van der Waals surface area contributed by atoms with Crippen molar-refractivity contribution >= 4 is 11.8 Å². The predicted octanol–water partition coefficient (Wildman–Crippen LogP) is 2.62. The first-order chi connectivity index (χ1) is 6.38. The van der Waals surface area contributed by atoms with Gasteiger partial charge in [-0.2, -0.15) is 11.8 Å². The summed E-state index contributed by atoms with van der Waals surface area (Å²) >= 11 is 1.90. The van der Waals surface area contributed by atoms with E-state index >= 15 is 0 Å². The van der Waals surface area contributed by atoms with Gasteiger partial charge in [0.05, 0.1) is 6.10 Å². The molecule has 0 aliphatic carbocycles. The van der Waals surface area contributed by atoms with Crippen molar-refractivity contribution in [3.8, 4) is 0 Å². The summed E-state index contributed by atoms with van der Waals surface area (Å²) in [5, 5.41) is 10.4. The fourth-order valence-electron chi connectivity index (χ4n) is 1.72. The Morgan fingerprint density at radius 1 is 1.31 bits per heavy atom. The Balaban J connectivity index is 2.08. The molecule has 0 bridgehead atoms. The Bertz CT molecular complexity index is 254. The zero-order chi connectivity index (χ0) is 9.10. The molecule has 2 heteroatoms. The Morgan fingerprint density at radius 3 is 2.69 bits per heavy atom. The Labute approximate surface area is 83.2 Å². The van der Waals surface area contributed by atoms with Gasteiger partial charge < -0.3 is 5.11 Å². The molecule has 1 aromatic carbocycles. The fourth-order valence-corrected chi connectivity index (χ4v) is 3.03. The van der Waals surface area contributed by atoms with Crippen molar-refractivity contribution in [1.29, 1.82) is 0 Å². The van der Waals surface area contributed by atoms with Crippen molar-refractivity contribution in [2.24, 2.45) is 0 Å². The SMILES string of the molecule is OC(c1ccccc1)C1CCCS1. The monoisotopic (exact) mass is 194 g/mol. The molecule has 1 fully saturated rings. The van der Waals surface area contributed by atoms with Crippen LogP contribution in [0.2, 0.25) is 0 Å². The van der Waals surface area contributed by atoms with Gasteiger partial charge in [-0.25, -0.2) is 0 Å². The molecule has 0 amide bonds. The zero-order valence-electron chi connectivity index (χ0n) is 7.52. The van der Waals surface area contributed by atoms with E-state index in [0.29, 0.717) is 5.25 Å². The molecule has 70 valence electrons. The highest BCUT2D eigenvalue weighted by molar-refractivity contribution is 8.00. The standard InChI is InChI=1S/C11H14OS/c12-11(10-7-4-8-13-10)9-5-2-1-3-6-9/h1-3,5-6,10-12H,4,7-8H2. The largest absolute Gasteiger partial charge is 0.387 e. The van der Waals surface area contributed by atoms with Gasteiger partial charge in [0.15, 0.2) is 0 Å². The highest BCUT2D eigenvalue weighted by Crippen LogP contribution is 2.35. The Morgan fingerprint density at radius 2 is 2.08 bits per heavy atom. The summed E-state index contributed by atoms with van der Waals surface area (Å²) in [7, 11) is 0. The molecule has 1 saturated heterocycles. The zero-order valence-corrected chi connectivity index (χ0v) is 8.33. The maximum absolute atomic E-state index is 10.00. The lowest BCUT2D eigenvalue weighted by atomic mass is 10.0. The van der Waals surface area contributed by atoms with Crippen molar-refractivity contribution in [2.75, 3.05) is 5.75 Å². The van der Waals surface area contributed by atoms with Gasteiger partial charge in [0.2, 0.25) is 0 Å². The van der Waals surface area contributed by atoms with Crippen molar-refractivity contribution in [2.45, 2.75) is 24.2 Å². The number of hydrogen-bond acceptors (Lipinski definition) is 2. The summed E-state index contributed by atoms with van der Waals surface area (Å²) in [5.41, 5.74) is 1.06. The molecule has 1 aliphatic heterocycles. The van der Waals surface area contributed by atoms with Gasteiger partial charge in [-0.1, -0.05) is 30.3 Å². The van der Waals surface area contributed by atoms with Crippen LogP contribution in [0, 0.1) is 0 Å². The Hall–Kier alpha value is -0.470. The van der Waals surface area contributed by atoms with E-state index in [-0.39, 0.29) is 6.10 Å². The summed E-state index contributed by atoms with van der Waals surface area (Å²) in [4.78, 5) is 0. The third kappa shape index (κ3) is 2.06. The molecular weight excluding hydrogens is 180 g/mol. The number of aliphatic hydroxyl groups excluding tert-OH is 1. The van der Waals surface area contributed by atoms with Crippen molar-refractivity contribution in [3.05, 3.63) is 35.9 Å². The third-order valence-electron chi connectivity index (χ3n) is 2.46. The minimum absolute atomic E-state index is 0.270. The van der Waals surface area contributed by atoms with E-state index in [1.165, 1.54) is 12.2 Å². The molecule has 1 N–H and O–H groups in total. The quantitative estimate of drug-likeness (QED) is 0.781. The second kappa shape index (κ2) is 4.16. The molecular formula is C11H14OS. The molecule has 0 aromatic heterocycles. The van der Waals surface area contributed by atoms with Crippen molar-refractivity contribution < 1.29 is 5.11 Å². The lowest BCUT2D eigenvalue weighted by molar-refractivity contribution is 0.173. The summed E-state index contributed by atoms with van der Waals surface area (Å²) in [6, 6.07) is 9.96. The van der Waals surface area contributed by atoms with E-state index in [9.17, 15) is 5.11 Å². The van der Waals surface area contributed by atoms with Crippen LogP contribution in [0.5, 0.6) is 0 Å². The Kier molecular flexibility index (Phi) is 2.91. The highest BCUT2D eigenvalue weighted by atomic mass is 32.2. The van der Waals surface area contributed by atoms with Crippen molar-refractivity contribution in [3.63, 3.8) is 0 Å². The molecule has 1 aromatic rings. The van der Waals surface area contributed by atoms with E-state index < -0.39 is 0 Å². The maximum atomic E-state index is 10.00. The predicted molar refractivity (Wildman–Crippen MR) is 56.9 cm³/mol. The van der Waals surface area contributed by atoms with Crippen LogP contribution in [0.15, 0.2) is 30.3 Å². The first-order valence-electron chi connectivity index (χ1n) is 4.72. The second-order valence-electron chi connectivity index (χ2n) is 3.41. The van der Waals surface area contributed by atoms with Gasteiger partial charge in [-0.3, -0.25) is 0 Å². The van der Waals surface area contributed by atoms with Crippen LogP contribution >= 0.6 is 11.8 Å². The smallest absolute Gasteiger partial charge is 0.0908 e. The summed E-state index contributed by atoms with van der Waals surface area (Å²) < 4.78 is 0. The normalized spacial score (nSPS) is 24.5. The van der Waals surface area contributed by atoms with Gasteiger partial charge in [0.1, 0.15) is 0 Å². The molecule has 13 heavy (non-hydrogen) atoms. The molecule has 2 rings (SSSR count). The molecule has 0 spiro atoms. The average Bonchev–Trinajstić information content (AvgIpc) is 2.71. The minimum Gasteiger partial charge on any atom is -0.387 e. The van der Waals surface area contributed by atoms with Gasteiger partial charge in [-0.15, -0.1) is 0 Å². The van der Waals surface area contributed by atoms with Crippen LogP contribution in [-0.2, 0) is 0 Å². The van der Waals surface area contributed by atoms with Crippen LogP contribution in [0.25, 0.3) is 0 Å². The van der Waals surface area contributed by atoms with Crippen LogP contribution < -0.4 is 0 Å². The summed E-state index contributed by atoms with van der Waals surface area (Å²) in [5.74, 6) is 1.20. The van der Waals surface area contributed by atoms with E-state index in [4.69, 9.17) is 0 Å². The fraction of sp³-hybridized carbons (Fsp3) is 0.455. The molecule has 2 unspecified atom stereocenters. The van der Waals surface area contributed by atoms with E-state index in [1.807, 2.05) is 42.1 Å². The maximum Gasteiger partial charge on any atom is 0.0908 e. The third-order valence-corrected chi connectivity index (χ3v) is 3.90. The summed E-state index contributed by atoms with van der Waals surface area (Å²) in [6.07, 6.45) is 2.13. The number of thioether (sulfide) groups is 1. The van der Waals surface area contributed by atoms with E-state index in [0.717, 1.165) is 12.0 Å². The number of rotatable bonds is 2. The molecule has 0 radical (unpaired) electrons. The second-order valence-corrected chi connectivity index (χ2v) is 4.75. The van der Waals surface area contributed by atoms with Crippen LogP contribution in [-0.4, -0.2) is 16.1 Å². The minimum atomic E-state index is -0.270. The summed E-state index contributed by atoms with van der Waals surface area (Å²) in [6.45, 7) is 0. The van der Waals surface area contributed by atoms with Crippen LogP contribution in [0.3, 0.4) is 0 Å². The lowest BCUT2D eigenvalue weighted by Crippen LogP contribution is -2.11. The number of aliphatic hydroxyl groups is 1. The first-order valence-corrected chi connectivity index (χ1v) is 5.77. The molecule has 1 nitrogen and oxygen atoms in total. The molecule has 1 heterocycles. The lowest BCUT2D eigenvalue weighted by Gasteiger charge is -2.16. The first kappa shape index (κ1) is 9.10. The van der Waals surface area contributed by atoms with Gasteiger partial charge in [0.25, 0.3) is 0 Å². The van der Waals surface area contributed by atoms with Crippen LogP contribution in [0.1, 0.15) is 24.5 Å². The van der Waals surface area contributed by atoms with Crippen LogP contribution in [0.4, 0.5) is 0 Å². The molecule has 1 aliphatic rings. The van der Waals surface area contributed by atoms with Gasteiger partial charge in [-0.05, 0) is 24.2 Å². The van der Waals surface area contributed by atoms with Crippen molar-refractivity contribution in [1.82, 2.24) is 0 Å². The topological polar surface area (TPSA) is 20.2 Å². The van der Waals surface area contributed by atoms with Gasteiger partial charge in [0, 0.05) is 5.25 Å². The van der Waals surface area contributed by atoms with E-state index in [1.54, 1.807) is 0 Å².